The molecule has 2 nitrogen and oxygen atoms in total. The van der Waals surface area contributed by atoms with Gasteiger partial charge in [-0.2, -0.15) is 0 Å². The van der Waals surface area contributed by atoms with E-state index in [9.17, 15) is 0 Å². The highest BCUT2D eigenvalue weighted by Crippen LogP contribution is 2.32. The monoisotopic (exact) mass is 368 g/mol. The van der Waals surface area contributed by atoms with E-state index < -0.39 is 0 Å². The van der Waals surface area contributed by atoms with E-state index in [2.05, 4.69) is 52.6 Å². The Labute approximate surface area is 137 Å². The minimum absolute atomic E-state index is 0.248. The Balaban J connectivity index is 2.36. The molecule has 5 heteroatoms. The Kier molecular flexibility index (Phi) is 5.18. The molecule has 1 heterocycles. The number of thiocarbonyl (C=S) groups is 1. The fourth-order valence-electron chi connectivity index (χ4n) is 2.05. The molecule has 1 aromatic carbocycles. The maximum Gasteiger partial charge on any atom is 0.106 e. The Morgan fingerprint density at radius 2 is 2.10 bits per heavy atom. The lowest BCUT2D eigenvalue weighted by Gasteiger charge is -2.24. The lowest BCUT2D eigenvalue weighted by molar-refractivity contribution is 0.554. The first-order chi connectivity index (χ1) is 9.49. The molecule has 0 aliphatic heterocycles. The van der Waals surface area contributed by atoms with Crippen LogP contribution in [0.5, 0.6) is 0 Å². The molecule has 0 radical (unpaired) electrons. The second kappa shape index (κ2) is 6.70. The fourth-order valence-corrected chi connectivity index (χ4v) is 3.54. The van der Waals surface area contributed by atoms with Gasteiger partial charge in [0.1, 0.15) is 4.99 Å². The Morgan fingerprint density at radius 3 is 2.65 bits per heavy atom. The third kappa shape index (κ3) is 3.59. The topological polar surface area (TPSA) is 38.0 Å². The quantitative estimate of drug-likeness (QED) is 0.732. The molecule has 2 aromatic rings. The van der Waals surface area contributed by atoms with Gasteiger partial charge in [-0.3, -0.25) is 0 Å². The summed E-state index contributed by atoms with van der Waals surface area (Å²) in [7, 11) is 0. The van der Waals surface area contributed by atoms with Crippen molar-refractivity contribution in [3.63, 3.8) is 0 Å². The molecule has 20 heavy (non-hydrogen) atoms. The molecule has 1 atom stereocenters. The number of thiophene rings is 1. The van der Waals surface area contributed by atoms with Gasteiger partial charge in [0.05, 0.1) is 6.04 Å². The van der Waals surface area contributed by atoms with Gasteiger partial charge in [0.25, 0.3) is 0 Å². The van der Waals surface area contributed by atoms with Gasteiger partial charge in [0.2, 0.25) is 0 Å². The normalized spacial score (nSPS) is 12.4. The van der Waals surface area contributed by atoms with Crippen molar-refractivity contribution < 1.29 is 0 Å². The van der Waals surface area contributed by atoms with Gasteiger partial charge in [-0.1, -0.05) is 48.1 Å². The van der Waals surface area contributed by atoms with E-state index in [-0.39, 0.29) is 6.04 Å². The Hall–Kier alpha value is -0.910. The number of benzene rings is 1. The van der Waals surface area contributed by atoms with Crippen molar-refractivity contribution in [2.75, 3.05) is 5.32 Å². The standard InChI is InChI=1S/C15H17BrN2S2/c1-9(2)14(13-4-3-7-20-13)18-12-8-10(16)5-6-11(12)15(17)19/h3-9,14,18H,1-2H3,(H2,17,19). The predicted octanol–water partition coefficient (Wildman–Crippen LogP) is 4.95. The van der Waals surface area contributed by atoms with Crippen molar-refractivity contribution in [1.29, 1.82) is 0 Å². The maximum atomic E-state index is 5.81. The van der Waals surface area contributed by atoms with Crippen LogP contribution < -0.4 is 11.1 Å². The number of rotatable bonds is 5. The molecule has 106 valence electrons. The molecule has 0 saturated carbocycles. The summed E-state index contributed by atoms with van der Waals surface area (Å²) in [6.07, 6.45) is 0. The van der Waals surface area contributed by atoms with Crippen LogP contribution in [-0.4, -0.2) is 4.99 Å². The summed E-state index contributed by atoms with van der Waals surface area (Å²) in [6, 6.07) is 10.4. The molecule has 2 rings (SSSR count). The molecule has 0 saturated heterocycles. The molecule has 1 aromatic heterocycles. The average molecular weight is 369 g/mol. The van der Waals surface area contributed by atoms with E-state index in [1.807, 2.05) is 18.2 Å². The van der Waals surface area contributed by atoms with Crippen LogP contribution in [0.25, 0.3) is 0 Å². The van der Waals surface area contributed by atoms with E-state index in [1.165, 1.54) is 4.88 Å². The predicted molar refractivity (Wildman–Crippen MR) is 95.6 cm³/mol. The zero-order valence-electron chi connectivity index (χ0n) is 11.4. The molecule has 0 amide bonds. The van der Waals surface area contributed by atoms with Crippen LogP contribution in [0.3, 0.4) is 0 Å². The Morgan fingerprint density at radius 1 is 1.35 bits per heavy atom. The van der Waals surface area contributed by atoms with Crippen LogP contribution in [0.4, 0.5) is 5.69 Å². The van der Waals surface area contributed by atoms with Gasteiger partial charge in [-0.25, -0.2) is 0 Å². The van der Waals surface area contributed by atoms with Gasteiger partial charge in [0, 0.05) is 20.6 Å². The van der Waals surface area contributed by atoms with Crippen LogP contribution in [0, 0.1) is 5.92 Å². The minimum Gasteiger partial charge on any atom is -0.389 e. The smallest absolute Gasteiger partial charge is 0.106 e. The summed E-state index contributed by atoms with van der Waals surface area (Å²) in [5.41, 5.74) is 7.67. The van der Waals surface area contributed by atoms with Crippen molar-refractivity contribution in [1.82, 2.24) is 0 Å². The number of nitrogens with one attached hydrogen (secondary N) is 1. The molecule has 0 aliphatic rings. The van der Waals surface area contributed by atoms with Crippen LogP contribution in [0.2, 0.25) is 0 Å². The van der Waals surface area contributed by atoms with Gasteiger partial charge < -0.3 is 11.1 Å². The zero-order valence-corrected chi connectivity index (χ0v) is 14.6. The summed E-state index contributed by atoms with van der Waals surface area (Å²) < 4.78 is 1.01. The largest absolute Gasteiger partial charge is 0.389 e. The number of anilines is 1. The van der Waals surface area contributed by atoms with E-state index >= 15 is 0 Å². The van der Waals surface area contributed by atoms with Crippen LogP contribution in [0.1, 0.15) is 30.3 Å². The summed E-state index contributed by atoms with van der Waals surface area (Å²) >= 11 is 10.4. The summed E-state index contributed by atoms with van der Waals surface area (Å²) in [6.45, 7) is 4.41. The van der Waals surface area contributed by atoms with Crippen LogP contribution >= 0.6 is 39.5 Å². The van der Waals surface area contributed by atoms with E-state index in [1.54, 1.807) is 11.3 Å². The van der Waals surface area contributed by atoms with E-state index in [4.69, 9.17) is 18.0 Å². The van der Waals surface area contributed by atoms with E-state index in [0.29, 0.717) is 10.9 Å². The highest BCUT2D eigenvalue weighted by molar-refractivity contribution is 9.10. The van der Waals surface area contributed by atoms with Crippen molar-refractivity contribution >= 4 is 50.2 Å². The highest BCUT2D eigenvalue weighted by atomic mass is 79.9. The SMILES string of the molecule is CC(C)C(Nc1cc(Br)ccc1C(N)=S)c1cccs1. The van der Waals surface area contributed by atoms with Crippen molar-refractivity contribution in [2.45, 2.75) is 19.9 Å². The first kappa shape index (κ1) is 15.5. The molecule has 1 unspecified atom stereocenters. The third-order valence-electron chi connectivity index (χ3n) is 3.07. The van der Waals surface area contributed by atoms with Crippen molar-refractivity contribution in [3.05, 3.63) is 50.6 Å². The average Bonchev–Trinajstić information content (AvgIpc) is 2.88. The molecule has 0 fully saturated rings. The molecular weight excluding hydrogens is 352 g/mol. The van der Waals surface area contributed by atoms with Crippen LogP contribution in [0.15, 0.2) is 40.2 Å². The van der Waals surface area contributed by atoms with Gasteiger partial charge in [-0.15, -0.1) is 11.3 Å². The van der Waals surface area contributed by atoms with Gasteiger partial charge >= 0.3 is 0 Å². The Bertz CT molecular complexity index is 594. The lowest BCUT2D eigenvalue weighted by atomic mass is 10.0. The van der Waals surface area contributed by atoms with Crippen molar-refractivity contribution in [3.8, 4) is 0 Å². The molecular formula is C15H17BrN2S2. The second-order valence-electron chi connectivity index (χ2n) is 4.94. The number of hydrogen-bond donors (Lipinski definition) is 2. The molecule has 3 N–H and O–H groups in total. The summed E-state index contributed by atoms with van der Waals surface area (Å²) in [5.74, 6) is 0.465. The molecule has 0 spiro atoms. The number of hydrogen-bond acceptors (Lipinski definition) is 3. The number of nitrogens with two attached hydrogens (primary N) is 1. The van der Waals surface area contributed by atoms with E-state index in [0.717, 1.165) is 15.7 Å². The third-order valence-corrected chi connectivity index (χ3v) is 4.74. The highest BCUT2D eigenvalue weighted by Gasteiger charge is 2.18. The molecule has 0 aliphatic carbocycles. The lowest BCUT2D eigenvalue weighted by Crippen LogP contribution is -2.19. The van der Waals surface area contributed by atoms with Crippen molar-refractivity contribution in [2.24, 2.45) is 11.7 Å². The minimum atomic E-state index is 0.248. The fraction of sp³-hybridized carbons (Fsp3) is 0.267. The summed E-state index contributed by atoms with van der Waals surface area (Å²) in [5, 5.41) is 5.68. The first-order valence-corrected chi connectivity index (χ1v) is 8.46. The maximum absolute atomic E-state index is 5.81. The summed E-state index contributed by atoms with van der Waals surface area (Å²) in [4.78, 5) is 1.72. The van der Waals surface area contributed by atoms with Gasteiger partial charge in [-0.05, 0) is 35.6 Å². The zero-order chi connectivity index (χ0) is 14.7. The first-order valence-electron chi connectivity index (χ1n) is 6.38. The number of halogens is 1. The van der Waals surface area contributed by atoms with Gasteiger partial charge in [0.15, 0.2) is 0 Å². The second-order valence-corrected chi connectivity index (χ2v) is 7.27. The molecule has 0 bridgehead atoms. The van der Waals surface area contributed by atoms with Crippen LogP contribution in [-0.2, 0) is 0 Å².